The molecule has 2 saturated heterocycles. The zero-order valence-corrected chi connectivity index (χ0v) is 16.4. The highest BCUT2D eigenvalue weighted by molar-refractivity contribution is 5.95. The van der Waals surface area contributed by atoms with Gasteiger partial charge in [0, 0.05) is 38.3 Å². The molecule has 3 heterocycles. The molecular formula is C21H30N2O4. The third-order valence-electron chi connectivity index (χ3n) is 6.16. The van der Waals surface area contributed by atoms with Gasteiger partial charge in [-0.3, -0.25) is 9.69 Å². The number of likely N-dealkylation sites (N-methyl/N-ethyl adjacent to an activating group) is 1. The fraction of sp³-hybridized carbons (Fsp3) is 0.667. The molecule has 6 heteroatoms. The van der Waals surface area contributed by atoms with Gasteiger partial charge in [0.05, 0.1) is 18.8 Å². The molecule has 148 valence electrons. The number of benzene rings is 1. The molecule has 27 heavy (non-hydrogen) atoms. The van der Waals surface area contributed by atoms with E-state index in [1.807, 2.05) is 30.0 Å². The summed E-state index contributed by atoms with van der Waals surface area (Å²) in [5.74, 6) is 2.09. The number of ether oxygens (including phenoxy) is 3. The van der Waals surface area contributed by atoms with Crippen LogP contribution in [-0.2, 0) is 4.74 Å². The summed E-state index contributed by atoms with van der Waals surface area (Å²) in [6, 6.07) is 5.54. The van der Waals surface area contributed by atoms with Gasteiger partial charge < -0.3 is 19.1 Å². The molecule has 1 aromatic rings. The second-order valence-corrected chi connectivity index (χ2v) is 8.04. The molecule has 1 aromatic carbocycles. The van der Waals surface area contributed by atoms with Gasteiger partial charge in [-0.1, -0.05) is 0 Å². The van der Waals surface area contributed by atoms with Gasteiger partial charge in [-0.05, 0) is 57.5 Å². The first-order valence-corrected chi connectivity index (χ1v) is 10.1. The topological polar surface area (TPSA) is 51.2 Å². The standard InChI is InChI=1S/C21H30N2O4/c1-3-25-13-16-7-8-22(2)21(12-16)14-23(15-21)20(24)17-5-6-18-19(11-17)27-10-4-9-26-18/h5-6,11,16H,3-4,7-10,12-15H2,1-2H3/t16-/m1/s1. The number of rotatable bonds is 4. The van der Waals surface area contributed by atoms with Crippen molar-refractivity contribution in [3.05, 3.63) is 23.8 Å². The molecule has 1 spiro atoms. The number of carbonyl (C=O) groups excluding carboxylic acids is 1. The van der Waals surface area contributed by atoms with Crippen LogP contribution in [0.15, 0.2) is 18.2 Å². The van der Waals surface area contributed by atoms with E-state index >= 15 is 0 Å². The number of nitrogens with zero attached hydrogens (tertiary/aromatic N) is 2. The van der Waals surface area contributed by atoms with Gasteiger partial charge in [0.15, 0.2) is 11.5 Å². The van der Waals surface area contributed by atoms with E-state index in [0.29, 0.717) is 30.4 Å². The summed E-state index contributed by atoms with van der Waals surface area (Å²) in [6.07, 6.45) is 3.14. The fourth-order valence-corrected chi connectivity index (χ4v) is 4.49. The summed E-state index contributed by atoms with van der Waals surface area (Å²) >= 11 is 0. The largest absolute Gasteiger partial charge is 0.490 e. The minimum atomic E-state index is 0.0802. The highest BCUT2D eigenvalue weighted by Crippen LogP contribution is 2.39. The van der Waals surface area contributed by atoms with Crippen molar-refractivity contribution in [3.63, 3.8) is 0 Å². The third-order valence-corrected chi connectivity index (χ3v) is 6.16. The number of carbonyl (C=O) groups is 1. The Bertz CT molecular complexity index is 685. The van der Waals surface area contributed by atoms with Crippen molar-refractivity contribution in [1.29, 1.82) is 0 Å². The SMILES string of the molecule is CCOC[C@@H]1CCN(C)C2(C1)CN(C(=O)c1ccc3c(c1)OCCCO3)C2. The van der Waals surface area contributed by atoms with E-state index in [9.17, 15) is 4.79 Å². The van der Waals surface area contributed by atoms with Crippen LogP contribution in [0.2, 0.25) is 0 Å². The monoisotopic (exact) mass is 374 g/mol. The highest BCUT2D eigenvalue weighted by Gasteiger charge is 2.51. The second-order valence-electron chi connectivity index (χ2n) is 8.04. The number of hydrogen-bond donors (Lipinski definition) is 0. The van der Waals surface area contributed by atoms with Crippen LogP contribution in [-0.4, -0.2) is 74.4 Å². The average molecular weight is 374 g/mol. The number of piperidine rings is 1. The maximum Gasteiger partial charge on any atom is 0.254 e. The molecule has 0 unspecified atom stereocenters. The van der Waals surface area contributed by atoms with Crippen molar-refractivity contribution in [2.45, 2.75) is 31.7 Å². The normalized spacial score (nSPS) is 24.4. The molecule has 1 atom stereocenters. The van der Waals surface area contributed by atoms with Gasteiger partial charge in [0.25, 0.3) is 5.91 Å². The lowest BCUT2D eigenvalue weighted by Gasteiger charge is -2.58. The van der Waals surface area contributed by atoms with Gasteiger partial charge in [-0.25, -0.2) is 0 Å². The number of likely N-dealkylation sites (tertiary alicyclic amines) is 2. The Balaban J connectivity index is 1.41. The molecule has 0 N–H and O–H groups in total. The van der Waals surface area contributed by atoms with Crippen molar-refractivity contribution >= 4 is 5.91 Å². The summed E-state index contributed by atoms with van der Waals surface area (Å²) < 4.78 is 17.0. The lowest BCUT2D eigenvalue weighted by molar-refractivity contribution is -0.0751. The summed E-state index contributed by atoms with van der Waals surface area (Å²) in [6.45, 7) is 7.59. The smallest absolute Gasteiger partial charge is 0.254 e. The van der Waals surface area contributed by atoms with Crippen LogP contribution in [0.3, 0.4) is 0 Å². The lowest BCUT2D eigenvalue weighted by atomic mass is 9.75. The van der Waals surface area contributed by atoms with Crippen LogP contribution in [0.25, 0.3) is 0 Å². The first-order valence-electron chi connectivity index (χ1n) is 10.1. The van der Waals surface area contributed by atoms with E-state index in [1.54, 1.807) is 0 Å². The molecular weight excluding hydrogens is 344 g/mol. The van der Waals surface area contributed by atoms with E-state index in [4.69, 9.17) is 14.2 Å². The van der Waals surface area contributed by atoms with E-state index < -0.39 is 0 Å². The maximum atomic E-state index is 13.0. The van der Waals surface area contributed by atoms with E-state index in [2.05, 4.69) is 11.9 Å². The predicted molar refractivity (Wildman–Crippen MR) is 103 cm³/mol. The zero-order chi connectivity index (χ0) is 18.9. The maximum absolute atomic E-state index is 13.0. The zero-order valence-electron chi connectivity index (χ0n) is 16.4. The fourth-order valence-electron chi connectivity index (χ4n) is 4.49. The molecule has 0 aliphatic carbocycles. The van der Waals surface area contributed by atoms with Gasteiger partial charge >= 0.3 is 0 Å². The van der Waals surface area contributed by atoms with Crippen LogP contribution in [0.4, 0.5) is 0 Å². The summed E-state index contributed by atoms with van der Waals surface area (Å²) in [5.41, 5.74) is 0.791. The summed E-state index contributed by atoms with van der Waals surface area (Å²) in [7, 11) is 2.19. The van der Waals surface area contributed by atoms with Gasteiger partial charge in [0.1, 0.15) is 0 Å². The molecule has 6 nitrogen and oxygen atoms in total. The Morgan fingerprint density at radius 3 is 2.81 bits per heavy atom. The number of fused-ring (bicyclic) bond motifs is 1. The number of amides is 1. The Hall–Kier alpha value is -1.79. The Kier molecular flexibility index (Phi) is 5.28. The molecule has 4 rings (SSSR count). The van der Waals surface area contributed by atoms with E-state index in [1.165, 1.54) is 6.42 Å². The third kappa shape index (κ3) is 3.65. The van der Waals surface area contributed by atoms with Crippen molar-refractivity contribution in [2.24, 2.45) is 5.92 Å². The molecule has 3 aliphatic heterocycles. The van der Waals surface area contributed by atoms with Gasteiger partial charge in [0.2, 0.25) is 0 Å². The Morgan fingerprint density at radius 1 is 1.26 bits per heavy atom. The minimum Gasteiger partial charge on any atom is -0.490 e. The van der Waals surface area contributed by atoms with Crippen molar-refractivity contribution in [2.75, 3.05) is 53.1 Å². The van der Waals surface area contributed by atoms with E-state index in [0.717, 1.165) is 51.4 Å². The molecule has 2 fully saturated rings. The second kappa shape index (κ2) is 7.68. The van der Waals surface area contributed by atoms with Crippen molar-refractivity contribution in [3.8, 4) is 11.5 Å². The highest BCUT2D eigenvalue weighted by atomic mass is 16.5. The Morgan fingerprint density at radius 2 is 2.04 bits per heavy atom. The predicted octanol–water partition coefficient (Wildman–Crippen LogP) is 2.42. The summed E-state index contributed by atoms with van der Waals surface area (Å²) in [4.78, 5) is 17.4. The first kappa shape index (κ1) is 18.6. The van der Waals surface area contributed by atoms with E-state index in [-0.39, 0.29) is 11.4 Å². The van der Waals surface area contributed by atoms with Crippen LogP contribution < -0.4 is 9.47 Å². The molecule has 1 amide bonds. The van der Waals surface area contributed by atoms with Gasteiger partial charge in [-0.15, -0.1) is 0 Å². The molecule has 0 aromatic heterocycles. The van der Waals surface area contributed by atoms with Crippen LogP contribution in [0, 0.1) is 5.92 Å². The summed E-state index contributed by atoms with van der Waals surface area (Å²) in [5, 5.41) is 0. The minimum absolute atomic E-state index is 0.0802. The van der Waals surface area contributed by atoms with Crippen LogP contribution in [0.1, 0.15) is 36.5 Å². The quantitative estimate of drug-likeness (QED) is 0.810. The molecule has 0 saturated carbocycles. The molecule has 0 radical (unpaired) electrons. The average Bonchev–Trinajstić information content (AvgIpc) is 2.90. The molecule has 3 aliphatic rings. The van der Waals surface area contributed by atoms with Crippen molar-refractivity contribution in [1.82, 2.24) is 9.80 Å². The molecule has 0 bridgehead atoms. The van der Waals surface area contributed by atoms with Crippen LogP contribution in [0.5, 0.6) is 11.5 Å². The first-order chi connectivity index (χ1) is 13.1. The van der Waals surface area contributed by atoms with Crippen molar-refractivity contribution < 1.29 is 19.0 Å². The lowest BCUT2D eigenvalue weighted by Crippen LogP contribution is -2.72. The Labute approximate surface area is 161 Å². The number of hydrogen-bond acceptors (Lipinski definition) is 5. The van der Waals surface area contributed by atoms with Gasteiger partial charge in [-0.2, -0.15) is 0 Å². The van der Waals surface area contributed by atoms with Crippen LogP contribution >= 0.6 is 0 Å².